The van der Waals surface area contributed by atoms with Crippen LogP contribution in [0.3, 0.4) is 0 Å². The first kappa shape index (κ1) is 14.5. The molecule has 1 heterocycles. The molecule has 0 amide bonds. The lowest BCUT2D eigenvalue weighted by Gasteiger charge is -2.10. The maximum absolute atomic E-state index is 5.98. The van der Waals surface area contributed by atoms with Crippen molar-refractivity contribution in [1.29, 1.82) is 0 Å². The molecule has 0 aliphatic rings. The van der Waals surface area contributed by atoms with Crippen molar-refractivity contribution in [3.63, 3.8) is 0 Å². The van der Waals surface area contributed by atoms with Gasteiger partial charge in [-0.05, 0) is 18.2 Å². The van der Waals surface area contributed by atoms with Crippen LogP contribution in [0.1, 0.15) is 0 Å². The molecule has 0 radical (unpaired) electrons. The minimum absolute atomic E-state index is 0.150. The van der Waals surface area contributed by atoms with Gasteiger partial charge in [0.15, 0.2) is 5.82 Å². The van der Waals surface area contributed by atoms with E-state index in [1.165, 1.54) is 6.07 Å². The van der Waals surface area contributed by atoms with Gasteiger partial charge >= 0.3 is 0 Å². The number of hydrazine groups is 1. The van der Waals surface area contributed by atoms with E-state index in [9.17, 15) is 0 Å². The molecule has 2 rings (SSSR count). The molecular weight excluding hydrogens is 332 g/mol. The molecule has 0 aliphatic heterocycles. The fourth-order valence-corrected chi connectivity index (χ4v) is 2.01. The zero-order chi connectivity index (χ0) is 14.0. The zero-order valence-electron chi connectivity index (χ0n) is 9.25. The largest absolute Gasteiger partial charge is 0.437 e. The van der Waals surface area contributed by atoms with Crippen molar-refractivity contribution in [2.75, 3.05) is 5.43 Å². The highest BCUT2D eigenvalue weighted by Gasteiger charge is 2.11. The van der Waals surface area contributed by atoms with Gasteiger partial charge in [-0.2, -0.15) is 4.98 Å². The smallest absolute Gasteiger partial charge is 0.240 e. The number of nitrogens with two attached hydrogens (primary N) is 1. The number of hydrogen-bond acceptors (Lipinski definition) is 4. The summed E-state index contributed by atoms with van der Waals surface area (Å²) in [6, 6.07) is 6.26. The normalized spacial score (nSPS) is 10.4. The molecule has 1 aromatic heterocycles. The molecule has 1 aromatic carbocycles. The molecule has 4 nitrogen and oxygen atoms in total. The molecule has 8 heteroatoms. The van der Waals surface area contributed by atoms with Gasteiger partial charge in [0.05, 0.1) is 15.1 Å². The Labute approximate surface area is 129 Å². The van der Waals surface area contributed by atoms with Crippen LogP contribution in [-0.2, 0) is 0 Å². The van der Waals surface area contributed by atoms with E-state index < -0.39 is 0 Å². The SMILES string of the molecule is NNc1nc(Oc2ccc(Cl)c(Cl)c2)c(Cl)cc1Cl. The quantitative estimate of drug-likeness (QED) is 0.625. The van der Waals surface area contributed by atoms with E-state index in [1.807, 2.05) is 0 Å². The van der Waals surface area contributed by atoms with Crippen LogP contribution < -0.4 is 16.0 Å². The number of pyridine rings is 1. The van der Waals surface area contributed by atoms with Gasteiger partial charge in [0.2, 0.25) is 5.88 Å². The fourth-order valence-electron chi connectivity index (χ4n) is 1.27. The summed E-state index contributed by atoms with van der Waals surface area (Å²) in [5.74, 6) is 6.11. The lowest BCUT2D eigenvalue weighted by molar-refractivity contribution is 0.464. The monoisotopic (exact) mass is 337 g/mol. The lowest BCUT2D eigenvalue weighted by Crippen LogP contribution is -2.09. The van der Waals surface area contributed by atoms with Gasteiger partial charge in [-0.3, -0.25) is 0 Å². The molecule has 3 N–H and O–H groups in total. The summed E-state index contributed by atoms with van der Waals surface area (Å²) >= 11 is 23.5. The second-order valence-corrected chi connectivity index (χ2v) is 5.06. The van der Waals surface area contributed by atoms with E-state index in [0.29, 0.717) is 15.8 Å². The Bertz CT molecular complexity index is 621. The third-order valence-electron chi connectivity index (χ3n) is 2.14. The number of nitrogens with zero attached hydrogens (tertiary/aromatic N) is 1. The summed E-state index contributed by atoms with van der Waals surface area (Å²) in [5.41, 5.74) is 2.34. The van der Waals surface area contributed by atoms with E-state index in [0.717, 1.165) is 0 Å². The van der Waals surface area contributed by atoms with E-state index in [-0.39, 0.29) is 21.7 Å². The third kappa shape index (κ3) is 3.35. The van der Waals surface area contributed by atoms with E-state index >= 15 is 0 Å². The van der Waals surface area contributed by atoms with Gasteiger partial charge in [0, 0.05) is 6.07 Å². The van der Waals surface area contributed by atoms with Gasteiger partial charge < -0.3 is 10.2 Å². The Balaban J connectivity index is 2.34. The number of ether oxygens (including phenoxy) is 1. The molecule has 2 aromatic rings. The van der Waals surface area contributed by atoms with E-state index in [2.05, 4.69) is 10.4 Å². The summed E-state index contributed by atoms with van der Waals surface area (Å²) in [6.45, 7) is 0. The topological polar surface area (TPSA) is 60.2 Å². The molecule has 19 heavy (non-hydrogen) atoms. The average Bonchev–Trinajstić information content (AvgIpc) is 2.37. The van der Waals surface area contributed by atoms with Crippen molar-refractivity contribution in [3.8, 4) is 11.6 Å². The lowest BCUT2D eigenvalue weighted by atomic mass is 10.3. The Morgan fingerprint density at radius 3 is 2.32 bits per heavy atom. The molecule has 0 atom stereocenters. The predicted molar refractivity (Wildman–Crippen MR) is 78.6 cm³/mol. The van der Waals surface area contributed by atoms with Gasteiger partial charge in [0.25, 0.3) is 0 Å². The molecule has 0 aliphatic carbocycles. The minimum Gasteiger partial charge on any atom is -0.437 e. The predicted octanol–water partition coefficient (Wildman–Crippen LogP) is 4.77. The standard InChI is InChI=1S/C11H7Cl4N3O/c12-6-2-1-5(3-7(6)13)19-11-9(15)4-8(14)10(17-11)18-16/h1-4H,16H2,(H,17,18). The van der Waals surface area contributed by atoms with Crippen LogP contribution in [0.25, 0.3) is 0 Å². The van der Waals surface area contributed by atoms with Crippen LogP contribution >= 0.6 is 46.4 Å². The number of anilines is 1. The fraction of sp³-hybridized carbons (Fsp3) is 0. The van der Waals surface area contributed by atoms with Crippen LogP contribution in [-0.4, -0.2) is 4.98 Å². The number of nitrogen functional groups attached to an aromatic ring is 1. The maximum Gasteiger partial charge on any atom is 0.240 e. The summed E-state index contributed by atoms with van der Waals surface area (Å²) in [4.78, 5) is 4.04. The van der Waals surface area contributed by atoms with Crippen molar-refractivity contribution in [2.45, 2.75) is 0 Å². The minimum atomic E-state index is 0.150. The van der Waals surface area contributed by atoms with Crippen LogP contribution in [0.15, 0.2) is 24.3 Å². The summed E-state index contributed by atoms with van der Waals surface area (Å²) in [7, 11) is 0. The highest BCUT2D eigenvalue weighted by molar-refractivity contribution is 6.42. The molecule has 100 valence electrons. The van der Waals surface area contributed by atoms with Crippen molar-refractivity contribution in [3.05, 3.63) is 44.4 Å². The summed E-state index contributed by atoms with van der Waals surface area (Å²) < 4.78 is 5.50. The van der Waals surface area contributed by atoms with Crippen molar-refractivity contribution < 1.29 is 4.74 Å². The second kappa shape index (κ2) is 6.03. The molecular formula is C11H7Cl4N3O. The Hall–Kier alpha value is -0.910. The first-order chi connectivity index (χ1) is 9.01. The van der Waals surface area contributed by atoms with Gasteiger partial charge in [-0.15, -0.1) is 0 Å². The molecule has 0 saturated carbocycles. The third-order valence-corrected chi connectivity index (χ3v) is 3.44. The Morgan fingerprint density at radius 2 is 1.68 bits per heavy atom. The highest BCUT2D eigenvalue weighted by Crippen LogP contribution is 2.34. The molecule has 0 saturated heterocycles. The molecule has 0 spiro atoms. The number of aromatic nitrogens is 1. The van der Waals surface area contributed by atoms with Crippen LogP contribution in [0.4, 0.5) is 5.82 Å². The van der Waals surface area contributed by atoms with Crippen LogP contribution in [0.5, 0.6) is 11.6 Å². The molecule has 0 bridgehead atoms. The summed E-state index contributed by atoms with van der Waals surface area (Å²) in [6.07, 6.45) is 0. The maximum atomic E-state index is 5.98. The number of hydrogen-bond donors (Lipinski definition) is 2. The van der Waals surface area contributed by atoms with Gasteiger partial charge in [-0.25, -0.2) is 5.84 Å². The zero-order valence-corrected chi connectivity index (χ0v) is 12.3. The van der Waals surface area contributed by atoms with Crippen molar-refractivity contribution in [1.82, 2.24) is 4.98 Å². The number of rotatable bonds is 3. The second-order valence-electron chi connectivity index (χ2n) is 3.43. The number of benzene rings is 1. The first-order valence-electron chi connectivity index (χ1n) is 4.97. The first-order valence-corrected chi connectivity index (χ1v) is 6.48. The van der Waals surface area contributed by atoms with Crippen molar-refractivity contribution in [2.24, 2.45) is 5.84 Å². The average molecular weight is 339 g/mol. The van der Waals surface area contributed by atoms with Gasteiger partial charge in [0.1, 0.15) is 10.8 Å². The number of nitrogens with one attached hydrogen (secondary N) is 1. The van der Waals surface area contributed by atoms with Crippen molar-refractivity contribution >= 4 is 52.2 Å². The molecule has 0 unspecified atom stereocenters. The Morgan fingerprint density at radius 1 is 0.947 bits per heavy atom. The van der Waals surface area contributed by atoms with E-state index in [4.69, 9.17) is 57.0 Å². The summed E-state index contributed by atoms with van der Waals surface area (Å²) in [5, 5.41) is 1.32. The van der Waals surface area contributed by atoms with Crippen LogP contribution in [0, 0.1) is 0 Å². The molecule has 0 fully saturated rings. The number of halogens is 4. The Kier molecular flexibility index (Phi) is 4.60. The van der Waals surface area contributed by atoms with Crippen LogP contribution in [0.2, 0.25) is 20.1 Å². The van der Waals surface area contributed by atoms with Gasteiger partial charge in [-0.1, -0.05) is 46.4 Å². The highest BCUT2D eigenvalue weighted by atomic mass is 35.5. The van der Waals surface area contributed by atoms with E-state index in [1.54, 1.807) is 18.2 Å².